The van der Waals surface area contributed by atoms with Crippen molar-refractivity contribution in [2.24, 2.45) is 0 Å². The zero-order valence-electron chi connectivity index (χ0n) is 13.3. The Morgan fingerprint density at radius 3 is 2.62 bits per heavy atom. The third-order valence-electron chi connectivity index (χ3n) is 3.58. The number of carbonyl (C=O) groups is 1. The van der Waals surface area contributed by atoms with Crippen LogP contribution in [0.15, 0.2) is 64.8 Å². The fourth-order valence-corrected chi connectivity index (χ4v) is 3.09. The quantitative estimate of drug-likeness (QED) is 0.718. The Morgan fingerprint density at radius 2 is 1.92 bits per heavy atom. The molecule has 0 N–H and O–H groups in total. The minimum Gasteiger partial charge on any atom is -0.335 e. The average molecular weight is 339 g/mol. The first-order chi connectivity index (χ1) is 11.6. The second-order valence-corrected chi connectivity index (χ2v) is 6.47. The Kier molecular flexibility index (Phi) is 4.86. The van der Waals surface area contributed by atoms with Crippen molar-refractivity contribution in [3.05, 3.63) is 86.5 Å². The van der Waals surface area contributed by atoms with E-state index in [1.54, 1.807) is 23.3 Å². The number of hydrogen-bond acceptors (Lipinski definition) is 4. The summed E-state index contributed by atoms with van der Waals surface area (Å²) in [6.45, 7) is 0.866. The van der Waals surface area contributed by atoms with Crippen molar-refractivity contribution in [1.82, 2.24) is 14.7 Å². The summed E-state index contributed by atoms with van der Waals surface area (Å²) < 4.78 is 1.32. The van der Waals surface area contributed by atoms with Crippen LogP contribution >= 0.6 is 11.3 Å². The Labute approximate surface area is 143 Å². The van der Waals surface area contributed by atoms with Crippen molar-refractivity contribution in [1.29, 1.82) is 0 Å². The van der Waals surface area contributed by atoms with E-state index >= 15 is 0 Å². The molecular formula is C18H17N3O2S. The molecule has 0 radical (unpaired) electrons. The van der Waals surface area contributed by atoms with Crippen molar-refractivity contribution >= 4 is 17.2 Å². The number of benzene rings is 1. The van der Waals surface area contributed by atoms with Gasteiger partial charge in [-0.2, -0.15) is 5.10 Å². The molecule has 24 heavy (non-hydrogen) atoms. The SMILES string of the molecule is CN(Cc1cccs1)C(=O)c1ccc(=O)n(Cc2ccccc2)n1. The fourth-order valence-electron chi connectivity index (χ4n) is 2.34. The zero-order valence-corrected chi connectivity index (χ0v) is 14.1. The standard InChI is InChI=1S/C18H17N3O2S/c1-20(13-15-8-5-11-24-15)18(23)16-9-10-17(22)21(19-16)12-14-6-3-2-4-7-14/h2-11H,12-13H2,1H3. The summed E-state index contributed by atoms with van der Waals surface area (Å²) in [5.74, 6) is -0.204. The maximum absolute atomic E-state index is 12.5. The van der Waals surface area contributed by atoms with Crippen molar-refractivity contribution in [2.45, 2.75) is 13.1 Å². The third-order valence-corrected chi connectivity index (χ3v) is 4.44. The molecule has 0 spiro atoms. The smallest absolute Gasteiger partial charge is 0.274 e. The van der Waals surface area contributed by atoms with E-state index in [1.165, 1.54) is 16.8 Å². The van der Waals surface area contributed by atoms with Gasteiger partial charge in [0.05, 0.1) is 13.1 Å². The van der Waals surface area contributed by atoms with Crippen LogP contribution in [-0.4, -0.2) is 27.6 Å². The predicted molar refractivity (Wildman–Crippen MR) is 94.2 cm³/mol. The van der Waals surface area contributed by atoms with Crippen LogP contribution in [0.5, 0.6) is 0 Å². The molecular weight excluding hydrogens is 322 g/mol. The third kappa shape index (κ3) is 3.78. The number of carbonyl (C=O) groups excluding carboxylic acids is 1. The number of thiophene rings is 1. The molecule has 2 heterocycles. The van der Waals surface area contributed by atoms with Gasteiger partial charge in [0.15, 0.2) is 0 Å². The molecule has 1 aromatic carbocycles. The number of aromatic nitrogens is 2. The van der Waals surface area contributed by atoms with Gasteiger partial charge in [0.2, 0.25) is 0 Å². The largest absolute Gasteiger partial charge is 0.335 e. The lowest BCUT2D eigenvalue weighted by Gasteiger charge is -2.16. The van der Waals surface area contributed by atoms with Gasteiger partial charge in [-0.05, 0) is 23.1 Å². The first-order valence-corrected chi connectivity index (χ1v) is 8.41. The van der Waals surface area contributed by atoms with Crippen LogP contribution in [0.2, 0.25) is 0 Å². The normalized spacial score (nSPS) is 10.5. The minimum absolute atomic E-state index is 0.204. The van der Waals surface area contributed by atoms with Crippen molar-refractivity contribution in [2.75, 3.05) is 7.05 Å². The highest BCUT2D eigenvalue weighted by atomic mass is 32.1. The lowest BCUT2D eigenvalue weighted by atomic mass is 10.2. The molecule has 0 saturated heterocycles. The number of hydrogen-bond donors (Lipinski definition) is 0. The molecule has 0 unspecified atom stereocenters. The maximum Gasteiger partial charge on any atom is 0.274 e. The Balaban J connectivity index is 1.79. The molecule has 0 aliphatic heterocycles. The average Bonchev–Trinajstić information content (AvgIpc) is 3.10. The van der Waals surface area contributed by atoms with Crippen LogP contribution in [0.3, 0.4) is 0 Å². The van der Waals surface area contributed by atoms with E-state index in [0.717, 1.165) is 10.4 Å². The highest BCUT2D eigenvalue weighted by molar-refractivity contribution is 7.09. The van der Waals surface area contributed by atoms with E-state index in [4.69, 9.17) is 0 Å². The molecule has 3 aromatic rings. The summed E-state index contributed by atoms with van der Waals surface area (Å²) >= 11 is 1.60. The number of amides is 1. The molecule has 6 heteroatoms. The highest BCUT2D eigenvalue weighted by Crippen LogP contribution is 2.12. The molecule has 0 aliphatic carbocycles. The van der Waals surface area contributed by atoms with E-state index in [1.807, 2.05) is 47.8 Å². The summed E-state index contributed by atoms with van der Waals surface area (Å²) in [6.07, 6.45) is 0. The molecule has 0 saturated carbocycles. The van der Waals surface area contributed by atoms with Crippen molar-refractivity contribution in [3.8, 4) is 0 Å². The van der Waals surface area contributed by atoms with Gasteiger partial charge < -0.3 is 4.90 Å². The minimum atomic E-state index is -0.226. The molecule has 122 valence electrons. The van der Waals surface area contributed by atoms with E-state index in [-0.39, 0.29) is 17.2 Å². The molecule has 3 rings (SSSR count). The van der Waals surface area contributed by atoms with Gasteiger partial charge in [-0.3, -0.25) is 9.59 Å². The monoisotopic (exact) mass is 339 g/mol. The van der Waals surface area contributed by atoms with Gasteiger partial charge in [0, 0.05) is 18.0 Å². The van der Waals surface area contributed by atoms with E-state index in [0.29, 0.717) is 13.1 Å². The maximum atomic E-state index is 12.5. The Hall–Kier alpha value is -2.73. The van der Waals surface area contributed by atoms with Gasteiger partial charge in [-0.25, -0.2) is 4.68 Å². The summed E-state index contributed by atoms with van der Waals surface area (Å²) in [4.78, 5) is 27.2. The van der Waals surface area contributed by atoms with Gasteiger partial charge in [-0.1, -0.05) is 36.4 Å². The summed E-state index contributed by atoms with van der Waals surface area (Å²) in [6, 6.07) is 16.4. The summed E-state index contributed by atoms with van der Waals surface area (Å²) in [5, 5.41) is 6.21. The Bertz CT molecular complexity index is 873. The van der Waals surface area contributed by atoms with Crippen LogP contribution in [0.25, 0.3) is 0 Å². The summed E-state index contributed by atoms with van der Waals surface area (Å²) in [7, 11) is 1.73. The van der Waals surface area contributed by atoms with E-state index < -0.39 is 0 Å². The van der Waals surface area contributed by atoms with Gasteiger partial charge >= 0.3 is 0 Å². The Morgan fingerprint density at radius 1 is 1.12 bits per heavy atom. The van der Waals surface area contributed by atoms with Gasteiger partial charge in [-0.15, -0.1) is 11.3 Å². The first-order valence-electron chi connectivity index (χ1n) is 7.53. The lowest BCUT2D eigenvalue weighted by Crippen LogP contribution is -2.31. The van der Waals surface area contributed by atoms with Crippen LogP contribution in [0, 0.1) is 0 Å². The van der Waals surface area contributed by atoms with E-state index in [2.05, 4.69) is 5.10 Å². The first kappa shape index (κ1) is 16.1. The van der Waals surface area contributed by atoms with Crippen LogP contribution < -0.4 is 5.56 Å². The highest BCUT2D eigenvalue weighted by Gasteiger charge is 2.15. The molecule has 0 aliphatic rings. The van der Waals surface area contributed by atoms with Gasteiger partial charge in [0.25, 0.3) is 11.5 Å². The zero-order chi connectivity index (χ0) is 16.9. The number of rotatable bonds is 5. The number of nitrogens with zero attached hydrogens (tertiary/aromatic N) is 3. The topological polar surface area (TPSA) is 55.2 Å². The lowest BCUT2D eigenvalue weighted by molar-refractivity contribution is 0.0778. The molecule has 5 nitrogen and oxygen atoms in total. The molecule has 0 atom stereocenters. The molecule has 2 aromatic heterocycles. The van der Waals surface area contributed by atoms with Crippen LogP contribution in [-0.2, 0) is 13.1 Å². The molecule has 1 amide bonds. The summed E-state index contributed by atoms with van der Waals surface area (Å²) in [5.41, 5.74) is 1.00. The van der Waals surface area contributed by atoms with Gasteiger partial charge in [0.1, 0.15) is 5.69 Å². The van der Waals surface area contributed by atoms with Crippen molar-refractivity contribution in [3.63, 3.8) is 0 Å². The second kappa shape index (κ2) is 7.23. The second-order valence-electron chi connectivity index (χ2n) is 5.44. The fraction of sp³-hybridized carbons (Fsp3) is 0.167. The molecule has 0 fully saturated rings. The van der Waals surface area contributed by atoms with Crippen LogP contribution in [0.4, 0.5) is 0 Å². The predicted octanol–water partition coefficient (Wildman–Crippen LogP) is 2.63. The molecule has 0 bridgehead atoms. The van der Waals surface area contributed by atoms with E-state index in [9.17, 15) is 9.59 Å². The van der Waals surface area contributed by atoms with Crippen molar-refractivity contribution < 1.29 is 4.79 Å². The van der Waals surface area contributed by atoms with Crippen LogP contribution in [0.1, 0.15) is 20.9 Å².